The lowest BCUT2D eigenvalue weighted by atomic mass is 9.78. The first-order valence-electron chi connectivity index (χ1n) is 8.36. The van der Waals surface area contributed by atoms with E-state index in [0.29, 0.717) is 0 Å². The van der Waals surface area contributed by atoms with Crippen molar-refractivity contribution in [3.8, 4) is 0 Å². The maximum Gasteiger partial charge on any atom is 0.494 e. The average molecular weight is 242 g/mol. The first-order valence-corrected chi connectivity index (χ1v) is 5.36. The maximum atomic E-state index is 14.2. The van der Waals surface area contributed by atoms with Crippen LogP contribution in [0.3, 0.4) is 0 Å². The quantitative estimate of drug-likeness (QED) is 0.704. The molecule has 0 unspecified atom stereocenters. The molecule has 1 aromatic carbocycles. The number of hydrogen-bond donors (Lipinski definition) is 0. The first-order chi connectivity index (χ1) is 10.2. The third-order valence-electron chi connectivity index (χ3n) is 3.23. The molecule has 1 heterocycles. The standard InChI is InChI=1S/C13H18BFO2/c1-9-6-10(8-11(15)7-9)14-16-12(2,3)13(4,5)17-14/h6-8H,1-5H3/i1D3,6D,7D,8D. The van der Waals surface area contributed by atoms with Crippen molar-refractivity contribution in [1.82, 2.24) is 0 Å². The van der Waals surface area contributed by atoms with E-state index in [4.69, 9.17) is 17.5 Å². The maximum absolute atomic E-state index is 14.2. The van der Waals surface area contributed by atoms with Crippen LogP contribution in [0.4, 0.5) is 4.39 Å². The molecule has 0 bridgehead atoms. The molecule has 0 aromatic heterocycles. The summed E-state index contributed by atoms with van der Waals surface area (Å²) in [6.07, 6.45) is 0. The van der Waals surface area contributed by atoms with Gasteiger partial charge in [-0.25, -0.2) is 4.39 Å². The van der Waals surface area contributed by atoms with E-state index >= 15 is 0 Å². The highest BCUT2D eigenvalue weighted by atomic mass is 19.1. The van der Waals surface area contributed by atoms with Gasteiger partial charge >= 0.3 is 7.12 Å². The van der Waals surface area contributed by atoms with E-state index in [-0.39, 0.29) is 5.46 Å². The van der Waals surface area contributed by atoms with Crippen LogP contribution in [0.15, 0.2) is 18.1 Å². The van der Waals surface area contributed by atoms with Crippen molar-refractivity contribution in [2.45, 2.75) is 45.7 Å². The highest BCUT2D eigenvalue weighted by Gasteiger charge is 2.51. The summed E-state index contributed by atoms with van der Waals surface area (Å²) in [5, 5.41) is 0. The van der Waals surface area contributed by atoms with Crippen LogP contribution in [-0.4, -0.2) is 18.3 Å². The molecule has 2 nitrogen and oxygen atoms in total. The lowest BCUT2D eigenvalue weighted by Gasteiger charge is -2.32. The minimum Gasteiger partial charge on any atom is -0.399 e. The van der Waals surface area contributed by atoms with Gasteiger partial charge in [0.2, 0.25) is 0 Å². The smallest absolute Gasteiger partial charge is 0.399 e. The number of halogens is 1. The Balaban J connectivity index is 2.68. The molecule has 1 aromatic rings. The molecule has 0 spiro atoms. The Kier molecular flexibility index (Phi) is 1.55. The summed E-state index contributed by atoms with van der Waals surface area (Å²) in [5.74, 6) is -1.29. The molecular formula is C13H18BFO2. The Morgan fingerprint density at radius 1 is 1.18 bits per heavy atom. The minimum atomic E-state index is -2.85. The molecule has 0 amide bonds. The normalized spacial score (nSPS) is 27.7. The van der Waals surface area contributed by atoms with Crippen molar-refractivity contribution >= 4 is 12.6 Å². The molecular weight excluding hydrogens is 218 g/mol. The van der Waals surface area contributed by atoms with Crippen LogP contribution in [0.2, 0.25) is 0 Å². The van der Waals surface area contributed by atoms with E-state index in [9.17, 15) is 4.39 Å². The van der Waals surface area contributed by atoms with E-state index in [1.165, 1.54) is 0 Å². The van der Waals surface area contributed by atoms with Crippen molar-refractivity contribution in [2.75, 3.05) is 0 Å². The van der Waals surface area contributed by atoms with Crippen molar-refractivity contribution in [2.24, 2.45) is 0 Å². The predicted molar refractivity (Wildman–Crippen MR) is 66.9 cm³/mol. The highest BCUT2D eigenvalue weighted by Crippen LogP contribution is 2.36. The summed E-state index contributed by atoms with van der Waals surface area (Å²) in [6, 6.07) is -2.31. The Morgan fingerprint density at radius 2 is 1.76 bits per heavy atom. The SMILES string of the molecule is [2H]c1c(F)c([2H])c(C([2H])([2H])[2H])c([2H])c1B1OC(C)(C)C(C)(C)O1. The van der Waals surface area contributed by atoms with Gasteiger partial charge in [-0.15, -0.1) is 0 Å². The predicted octanol–water partition coefficient (Wildman–Crippen LogP) is 2.43. The summed E-state index contributed by atoms with van der Waals surface area (Å²) in [7, 11) is -1.24. The molecule has 1 saturated heterocycles. The summed E-state index contributed by atoms with van der Waals surface area (Å²) in [5.41, 5.74) is -2.61. The van der Waals surface area contributed by atoms with Crippen LogP contribution in [0.5, 0.6) is 0 Å². The summed E-state index contributed by atoms with van der Waals surface area (Å²) < 4.78 is 71.4. The van der Waals surface area contributed by atoms with Gasteiger partial charge in [0.25, 0.3) is 0 Å². The fraction of sp³-hybridized carbons (Fsp3) is 0.538. The minimum absolute atomic E-state index is 0.303. The first kappa shape index (κ1) is 6.91. The molecule has 4 heteroatoms. The second-order valence-electron chi connectivity index (χ2n) is 5.07. The molecule has 1 aliphatic rings. The van der Waals surface area contributed by atoms with E-state index in [2.05, 4.69) is 0 Å². The zero-order valence-corrected chi connectivity index (χ0v) is 10.3. The zero-order chi connectivity index (χ0) is 18.0. The van der Waals surface area contributed by atoms with E-state index in [0.717, 1.165) is 0 Å². The summed E-state index contributed by atoms with van der Waals surface area (Å²) >= 11 is 0. The molecule has 1 fully saturated rings. The van der Waals surface area contributed by atoms with Crippen molar-refractivity contribution in [3.63, 3.8) is 0 Å². The van der Waals surface area contributed by atoms with Crippen LogP contribution in [0.1, 0.15) is 41.5 Å². The summed E-state index contributed by atoms with van der Waals surface area (Å²) in [6.45, 7) is 4.15. The second kappa shape index (κ2) is 3.82. The van der Waals surface area contributed by atoms with Gasteiger partial charge < -0.3 is 9.31 Å². The topological polar surface area (TPSA) is 18.5 Å². The van der Waals surface area contributed by atoms with Gasteiger partial charge in [0, 0.05) is 4.11 Å². The average Bonchev–Trinajstić information content (AvgIpc) is 2.53. The van der Waals surface area contributed by atoms with Gasteiger partial charge in [-0.1, -0.05) is 6.04 Å². The van der Waals surface area contributed by atoms with Gasteiger partial charge in [0.1, 0.15) is 5.82 Å². The third kappa shape index (κ3) is 2.24. The van der Waals surface area contributed by atoms with Gasteiger partial charge in [-0.05, 0) is 57.7 Å². The van der Waals surface area contributed by atoms with Crippen molar-refractivity contribution < 1.29 is 21.9 Å². The molecule has 17 heavy (non-hydrogen) atoms. The number of hydrogen-bond acceptors (Lipinski definition) is 2. The van der Waals surface area contributed by atoms with Crippen molar-refractivity contribution in [3.05, 3.63) is 29.5 Å². The van der Waals surface area contributed by atoms with Gasteiger partial charge in [-0.3, -0.25) is 0 Å². The number of benzene rings is 1. The Morgan fingerprint density at radius 3 is 2.29 bits per heavy atom. The third-order valence-corrected chi connectivity index (χ3v) is 3.23. The van der Waals surface area contributed by atoms with Gasteiger partial charge in [0.15, 0.2) is 0 Å². The number of rotatable bonds is 1. The van der Waals surface area contributed by atoms with E-state index in [1.807, 2.05) is 0 Å². The van der Waals surface area contributed by atoms with E-state index < -0.39 is 54.7 Å². The molecule has 0 atom stereocenters. The lowest BCUT2D eigenvalue weighted by molar-refractivity contribution is 0.00578. The summed E-state index contributed by atoms with van der Waals surface area (Å²) in [4.78, 5) is 0. The Hall–Kier alpha value is -0.865. The lowest BCUT2D eigenvalue weighted by Crippen LogP contribution is -2.41. The molecule has 0 N–H and O–H groups in total. The monoisotopic (exact) mass is 242 g/mol. The Labute approximate surface area is 111 Å². The fourth-order valence-corrected chi connectivity index (χ4v) is 1.54. The Bertz CT molecular complexity index is 643. The van der Waals surface area contributed by atoms with Gasteiger partial charge in [0.05, 0.1) is 15.3 Å². The van der Waals surface area contributed by atoms with Crippen LogP contribution in [0, 0.1) is 12.7 Å². The molecule has 2 rings (SSSR count). The molecule has 0 radical (unpaired) electrons. The van der Waals surface area contributed by atoms with E-state index in [1.54, 1.807) is 27.7 Å². The second-order valence-corrected chi connectivity index (χ2v) is 5.07. The largest absolute Gasteiger partial charge is 0.494 e. The van der Waals surface area contributed by atoms with Crippen LogP contribution in [-0.2, 0) is 9.31 Å². The molecule has 1 aliphatic heterocycles. The molecule has 92 valence electrons. The fourth-order valence-electron chi connectivity index (χ4n) is 1.54. The van der Waals surface area contributed by atoms with Crippen molar-refractivity contribution in [1.29, 1.82) is 0 Å². The van der Waals surface area contributed by atoms with Crippen LogP contribution >= 0.6 is 0 Å². The molecule has 0 saturated carbocycles. The van der Waals surface area contributed by atoms with Crippen LogP contribution in [0.25, 0.3) is 0 Å². The van der Waals surface area contributed by atoms with Gasteiger partial charge in [-0.2, -0.15) is 0 Å². The zero-order valence-electron chi connectivity index (χ0n) is 16.3. The highest BCUT2D eigenvalue weighted by molar-refractivity contribution is 6.62. The molecule has 0 aliphatic carbocycles. The van der Waals surface area contributed by atoms with Crippen LogP contribution < -0.4 is 5.46 Å².